The third kappa shape index (κ3) is 3.08. The van der Waals surface area contributed by atoms with Crippen molar-refractivity contribution in [1.29, 1.82) is 0 Å². The molecule has 2 aliphatic rings. The highest BCUT2D eigenvalue weighted by Crippen LogP contribution is 2.40. The number of nitrogens with two attached hydrogens (primary N) is 1. The number of nitrogens with zero attached hydrogens (tertiary/aromatic N) is 1. The summed E-state index contributed by atoms with van der Waals surface area (Å²) in [4.78, 5) is 37.1. The highest BCUT2D eigenvalue weighted by atomic mass is 32.2. The smallest absolute Gasteiger partial charge is 0.352 e. The summed E-state index contributed by atoms with van der Waals surface area (Å²) >= 11 is 1.40. The molecule has 5 N–H and O–H groups in total. The third-order valence-corrected chi connectivity index (χ3v) is 5.43. The van der Waals surface area contributed by atoms with Crippen molar-refractivity contribution in [2.24, 2.45) is 5.73 Å². The summed E-state index contributed by atoms with van der Waals surface area (Å²) < 4.78 is 0. The Balaban J connectivity index is 1.71. The second-order valence-corrected chi connectivity index (χ2v) is 7.35. The fourth-order valence-electron chi connectivity index (χ4n) is 2.80. The molecule has 0 bridgehead atoms. The lowest BCUT2D eigenvalue weighted by Gasteiger charge is -2.49. The van der Waals surface area contributed by atoms with E-state index in [1.807, 2.05) is 6.92 Å². The molecule has 3 rings (SSSR count). The van der Waals surface area contributed by atoms with E-state index in [4.69, 9.17) is 5.73 Å². The van der Waals surface area contributed by atoms with Crippen LogP contribution in [-0.2, 0) is 14.4 Å². The first-order valence-corrected chi connectivity index (χ1v) is 8.52. The number of carbonyl (C=O) groups is 3. The number of carbonyl (C=O) groups excluding carboxylic acids is 2. The quantitative estimate of drug-likeness (QED) is 0.560. The maximum atomic E-state index is 12.3. The predicted molar refractivity (Wildman–Crippen MR) is 90.4 cm³/mol. The van der Waals surface area contributed by atoms with Gasteiger partial charge in [0, 0.05) is 5.25 Å². The van der Waals surface area contributed by atoms with E-state index in [9.17, 15) is 24.6 Å². The number of hydrogen-bond acceptors (Lipinski definition) is 6. The number of rotatable bonds is 4. The zero-order valence-corrected chi connectivity index (χ0v) is 14.1. The molecule has 1 aromatic rings. The van der Waals surface area contributed by atoms with Gasteiger partial charge in [-0.1, -0.05) is 12.1 Å². The van der Waals surface area contributed by atoms with Crippen LogP contribution in [-0.4, -0.2) is 49.6 Å². The molecule has 2 amide bonds. The van der Waals surface area contributed by atoms with Crippen molar-refractivity contribution >= 4 is 29.5 Å². The van der Waals surface area contributed by atoms with Gasteiger partial charge in [0.15, 0.2) is 0 Å². The summed E-state index contributed by atoms with van der Waals surface area (Å²) in [6.07, 6.45) is 1.52. The van der Waals surface area contributed by atoms with Crippen LogP contribution in [0.25, 0.3) is 0 Å². The Kier molecular flexibility index (Phi) is 4.44. The molecule has 0 aliphatic carbocycles. The number of fused-ring (bicyclic) bond motifs is 1. The highest BCUT2D eigenvalue weighted by Gasteiger charge is 2.54. The van der Waals surface area contributed by atoms with Crippen molar-refractivity contribution in [1.82, 2.24) is 10.2 Å². The Morgan fingerprint density at radius 2 is 1.96 bits per heavy atom. The van der Waals surface area contributed by atoms with Crippen LogP contribution in [0.5, 0.6) is 5.75 Å². The summed E-state index contributed by atoms with van der Waals surface area (Å²) in [7, 11) is 0. The zero-order chi connectivity index (χ0) is 18.3. The lowest BCUT2D eigenvalue weighted by Crippen LogP contribution is -2.71. The molecule has 4 atom stereocenters. The molecule has 1 aromatic carbocycles. The Bertz CT molecular complexity index is 764. The predicted octanol–water partition coefficient (Wildman–Crippen LogP) is 0.149. The van der Waals surface area contributed by atoms with Crippen LogP contribution in [0.3, 0.4) is 0 Å². The molecule has 1 fully saturated rings. The minimum Gasteiger partial charge on any atom is -0.508 e. The van der Waals surface area contributed by atoms with E-state index in [-0.39, 0.29) is 16.7 Å². The van der Waals surface area contributed by atoms with E-state index in [1.165, 1.54) is 47.0 Å². The number of phenolic OH excluding ortho intramolecular Hbond substituents is 1. The Labute approximate surface area is 147 Å². The normalized spacial score (nSPS) is 26.2. The number of aliphatic carboxylic acids is 1. The number of aromatic hydroxyl groups is 1. The van der Waals surface area contributed by atoms with Gasteiger partial charge in [0.1, 0.15) is 28.9 Å². The fourth-order valence-corrected chi connectivity index (χ4v) is 4.13. The molecule has 9 heteroatoms. The fraction of sp³-hybridized carbons (Fsp3) is 0.312. The van der Waals surface area contributed by atoms with Crippen LogP contribution in [0, 0.1) is 0 Å². The Hall–Kier alpha value is -2.52. The van der Waals surface area contributed by atoms with Gasteiger partial charge in [-0.25, -0.2) is 4.79 Å². The summed E-state index contributed by atoms with van der Waals surface area (Å²) in [5, 5.41) is 20.5. The Morgan fingerprint density at radius 3 is 2.56 bits per heavy atom. The summed E-state index contributed by atoms with van der Waals surface area (Å²) in [6, 6.07) is 4.07. The molecule has 0 radical (unpaired) electrons. The number of thioether (sulfide) groups is 1. The molecule has 2 unspecified atom stereocenters. The zero-order valence-electron chi connectivity index (χ0n) is 13.2. The molecular formula is C16H17N3O5S. The van der Waals surface area contributed by atoms with Crippen LogP contribution in [0.15, 0.2) is 36.0 Å². The van der Waals surface area contributed by atoms with Gasteiger partial charge in [0.2, 0.25) is 5.91 Å². The summed E-state index contributed by atoms with van der Waals surface area (Å²) in [5.74, 6) is -2.12. The van der Waals surface area contributed by atoms with Crippen molar-refractivity contribution < 1.29 is 24.6 Å². The van der Waals surface area contributed by atoms with Crippen LogP contribution >= 0.6 is 11.8 Å². The number of hydrogen-bond donors (Lipinski definition) is 4. The SMILES string of the molecule is CC1C=C(C(=O)O)N2C(=O)C(NC(=O)[C@H](N)c3ccc(O)cc3)[C@H]2S1. The largest absolute Gasteiger partial charge is 0.508 e. The van der Waals surface area contributed by atoms with Crippen LogP contribution in [0.1, 0.15) is 18.5 Å². The van der Waals surface area contributed by atoms with E-state index in [0.717, 1.165) is 0 Å². The monoisotopic (exact) mass is 363 g/mol. The van der Waals surface area contributed by atoms with Gasteiger partial charge >= 0.3 is 5.97 Å². The molecule has 8 nitrogen and oxygen atoms in total. The number of carboxylic acid groups (broad SMARTS) is 1. The minimum atomic E-state index is -1.17. The maximum Gasteiger partial charge on any atom is 0.352 e. The van der Waals surface area contributed by atoms with Gasteiger partial charge in [0.25, 0.3) is 5.91 Å². The average molecular weight is 363 g/mol. The molecule has 25 heavy (non-hydrogen) atoms. The first-order chi connectivity index (χ1) is 11.8. The highest BCUT2D eigenvalue weighted by molar-refractivity contribution is 8.00. The van der Waals surface area contributed by atoms with Crippen LogP contribution < -0.4 is 11.1 Å². The maximum absolute atomic E-state index is 12.3. The lowest BCUT2D eigenvalue weighted by atomic mass is 10.0. The molecule has 2 heterocycles. The van der Waals surface area contributed by atoms with Crippen LogP contribution in [0.2, 0.25) is 0 Å². The van der Waals surface area contributed by atoms with E-state index in [1.54, 1.807) is 0 Å². The molecule has 1 saturated heterocycles. The second kappa shape index (κ2) is 6.41. The minimum absolute atomic E-state index is 0.0572. The van der Waals surface area contributed by atoms with E-state index in [2.05, 4.69) is 5.32 Å². The van der Waals surface area contributed by atoms with Gasteiger partial charge in [0.05, 0.1) is 0 Å². The number of β-lactam (4-membered cyclic amide) rings is 1. The topological polar surface area (TPSA) is 133 Å². The number of phenols is 1. The van der Waals surface area contributed by atoms with Crippen molar-refractivity contribution in [2.75, 3.05) is 0 Å². The molecule has 0 saturated carbocycles. The van der Waals surface area contributed by atoms with E-state index >= 15 is 0 Å². The number of nitrogens with one attached hydrogen (secondary N) is 1. The average Bonchev–Trinajstić information content (AvgIpc) is 2.58. The number of benzene rings is 1. The Morgan fingerprint density at radius 1 is 1.32 bits per heavy atom. The van der Waals surface area contributed by atoms with E-state index < -0.39 is 35.2 Å². The van der Waals surface area contributed by atoms with Crippen molar-refractivity contribution in [3.63, 3.8) is 0 Å². The third-order valence-electron chi connectivity index (χ3n) is 4.10. The van der Waals surface area contributed by atoms with E-state index in [0.29, 0.717) is 5.56 Å². The molecule has 0 spiro atoms. The van der Waals surface area contributed by atoms with Gasteiger partial charge in [-0.15, -0.1) is 11.8 Å². The van der Waals surface area contributed by atoms with Crippen molar-refractivity contribution in [2.45, 2.75) is 29.6 Å². The van der Waals surface area contributed by atoms with Gasteiger partial charge in [-0.2, -0.15) is 0 Å². The number of amides is 2. The van der Waals surface area contributed by atoms with Gasteiger partial charge in [-0.3, -0.25) is 14.5 Å². The first-order valence-electron chi connectivity index (χ1n) is 7.58. The van der Waals surface area contributed by atoms with Crippen LogP contribution in [0.4, 0.5) is 0 Å². The lowest BCUT2D eigenvalue weighted by molar-refractivity contribution is -0.150. The first kappa shape index (κ1) is 17.3. The van der Waals surface area contributed by atoms with Gasteiger partial charge in [-0.05, 0) is 30.7 Å². The molecule has 132 valence electrons. The summed E-state index contributed by atoms with van der Waals surface area (Å²) in [5.41, 5.74) is 6.34. The standard InChI is InChI=1S/C16H17N3O5S/c1-7-6-10(16(23)24)19-14(22)12(15(19)25-7)18-13(21)11(17)8-2-4-9(20)5-3-8/h2-7,11-12,15,20H,17H2,1H3,(H,18,21)(H,23,24)/t7?,11-,12?,15-/m1/s1. The molecule has 0 aromatic heterocycles. The molecular weight excluding hydrogens is 346 g/mol. The molecule has 2 aliphatic heterocycles. The van der Waals surface area contributed by atoms with Crippen molar-refractivity contribution in [3.05, 3.63) is 41.6 Å². The summed E-state index contributed by atoms with van der Waals surface area (Å²) in [6.45, 7) is 1.83. The van der Waals surface area contributed by atoms with Gasteiger partial charge < -0.3 is 21.3 Å². The van der Waals surface area contributed by atoms with Crippen molar-refractivity contribution in [3.8, 4) is 5.75 Å². The second-order valence-electron chi connectivity index (χ2n) is 5.85. The number of carboxylic acids is 1.